The van der Waals surface area contributed by atoms with Crippen LogP contribution in [0.4, 0.5) is 0 Å². The van der Waals surface area contributed by atoms with E-state index in [9.17, 15) is 9.59 Å². The van der Waals surface area contributed by atoms with Gasteiger partial charge in [-0.2, -0.15) is 0 Å². The minimum atomic E-state index is -0.400. The summed E-state index contributed by atoms with van der Waals surface area (Å²) in [5.41, 5.74) is 1.60. The van der Waals surface area contributed by atoms with Crippen LogP contribution in [0.2, 0.25) is 5.15 Å². The van der Waals surface area contributed by atoms with Crippen molar-refractivity contribution in [3.05, 3.63) is 62.8 Å². The third kappa shape index (κ3) is 4.05. The Bertz CT molecular complexity index is 704. The average Bonchev–Trinajstić information content (AvgIpc) is 2.54. The maximum atomic E-state index is 12.1. The van der Waals surface area contributed by atoms with Gasteiger partial charge in [0.1, 0.15) is 5.15 Å². The summed E-state index contributed by atoms with van der Waals surface area (Å²) in [6, 6.07) is 8.37. The van der Waals surface area contributed by atoms with Crippen molar-refractivity contribution in [2.45, 2.75) is 6.54 Å². The Morgan fingerprint density at radius 2 is 2.00 bits per heavy atom. The van der Waals surface area contributed by atoms with Crippen LogP contribution < -0.4 is 5.32 Å². The number of rotatable bonds is 4. The molecule has 0 unspecified atom stereocenters. The number of amides is 1. The van der Waals surface area contributed by atoms with E-state index in [1.807, 2.05) is 0 Å². The molecule has 1 amide bonds. The summed E-state index contributed by atoms with van der Waals surface area (Å²) in [6.45, 7) is 0.309. The monoisotopic (exact) mass is 382 g/mol. The van der Waals surface area contributed by atoms with Crippen molar-refractivity contribution >= 4 is 39.4 Å². The lowest BCUT2D eigenvalue weighted by Crippen LogP contribution is -2.23. The number of benzene rings is 1. The van der Waals surface area contributed by atoms with Crippen molar-refractivity contribution in [2.75, 3.05) is 7.11 Å². The summed E-state index contributed by atoms with van der Waals surface area (Å²) in [6.07, 6.45) is 1.52. The molecule has 0 atom stereocenters. The molecule has 5 nitrogen and oxygen atoms in total. The molecule has 0 aliphatic carbocycles. The Kier molecular flexibility index (Phi) is 5.51. The summed E-state index contributed by atoms with van der Waals surface area (Å²) in [7, 11) is 1.33. The van der Waals surface area contributed by atoms with E-state index >= 15 is 0 Å². The summed E-state index contributed by atoms with van der Waals surface area (Å²) in [5.74, 6) is -0.724. The highest BCUT2D eigenvalue weighted by molar-refractivity contribution is 9.10. The first-order valence-electron chi connectivity index (χ1n) is 6.27. The molecular weight excluding hydrogens is 372 g/mol. The molecule has 1 aromatic carbocycles. The van der Waals surface area contributed by atoms with Gasteiger partial charge >= 0.3 is 5.97 Å². The zero-order valence-electron chi connectivity index (χ0n) is 11.6. The number of carbonyl (C=O) groups is 2. The van der Waals surface area contributed by atoms with Gasteiger partial charge in [-0.15, -0.1) is 0 Å². The topological polar surface area (TPSA) is 68.3 Å². The van der Waals surface area contributed by atoms with Gasteiger partial charge in [-0.1, -0.05) is 23.7 Å². The van der Waals surface area contributed by atoms with Crippen LogP contribution in [0.1, 0.15) is 26.3 Å². The van der Waals surface area contributed by atoms with Crippen molar-refractivity contribution in [3.63, 3.8) is 0 Å². The van der Waals surface area contributed by atoms with E-state index in [1.54, 1.807) is 30.3 Å². The highest BCUT2D eigenvalue weighted by Gasteiger charge is 2.12. The smallest absolute Gasteiger partial charge is 0.337 e. The fraction of sp³-hybridized carbons (Fsp3) is 0.133. The summed E-state index contributed by atoms with van der Waals surface area (Å²) >= 11 is 9.14. The molecule has 0 saturated heterocycles. The van der Waals surface area contributed by atoms with Crippen LogP contribution in [0.3, 0.4) is 0 Å². The minimum absolute atomic E-state index is 0.140. The van der Waals surface area contributed by atoms with E-state index in [1.165, 1.54) is 13.3 Å². The number of aromatic nitrogens is 1. The van der Waals surface area contributed by atoms with Crippen molar-refractivity contribution in [3.8, 4) is 0 Å². The number of hydrogen-bond donors (Lipinski definition) is 1. The molecule has 0 radical (unpaired) electrons. The van der Waals surface area contributed by atoms with Gasteiger partial charge in [0, 0.05) is 17.2 Å². The molecule has 0 bridgehead atoms. The van der Waals surface area contributed by atoms with Gasteiger partial charge < -0.3 is 10.1 Å². The Hall–Kier alpha value is -1.92. The predicted molar refractivity (Wildman–Crippen MR) is 85.9 cm³/mol. The second-order valence-corrected chi connectivity index (χ2v) is 5.64. The van der Waals surface area contributed by atoms with Crippen LogP contribution in [-0.2, 0) is 11.3 Å². The summed E-state index contributed by atoms with van der Waals surface area (Å²) in [5, 5.41) is 2.89. The largest absolute Gasteiger partial charge is 0.465 e. The summed E-state index contributed by atoms with van der Waals surface area (Å²) in [4.78, 5) is 27.3. The standard InChI is InChI=1S/C15H12BrClN2O3/c1-22-15(21)10-4-2-9(3-5-10)7-19-14(20)12-6-11(16)8-18-13(12)17/h2-6,8H,7H2,1H3,(H,19,20). The first-order chi connectivity index (χ1) is 10.5. The first kappa shape index (κ1) is 16.5. The molecule has 114 valence electrons. The molecule has 0 saturated carbocycles. The Morgan fingerprint density at radius 1 is 1.32 bits per heavy atom. The van der Waals surface area contributed by atoms with Crippen LogP contribution >= 0.6 is 27.5 Å². The molecule has 7 heteroatoms. The number of nitrogens with one attached hydrogen (secondary N) is 1. The minimum Gasteiger partial charge on any atom is -0.465 e. The lowest BCUT2D eigenvalue weighted by molar-refractivity contribution is 0.0600. The van der Waals surface area contributed by atoms with Gasteiger partial charge in [0.2, 0.25) is 0 Å². The van der Waals surface area contributed by atoms with Crippen LogP contribution in [0.5, 0.6) is 0 Å². The van der Waals surface area contributed by atoms with E-state index in [2.05, 4.69) is 31.0 Å². The second-order valence-electron chi connectivity index (χ2n) is 4.36. The molecule has 0 fully saturated rings. The van der Waals surface area contributed by atoms with Crippen molar-refractivity contribution in [2.24, 2.45) is 0 Å². The van der Waals surface area contributed by atoms with E-state index in [0.29, 0.717) is 22.1 Å². The number of esters is 1. The lowest BCUT2D eigenvalue weighted by atomic mass is 10.1. The highest BCUT2D eigenvalue weighted by Crippen LogP contribution is 2.18. The number of halogens is 2. The van der Waals surface area contributed by atoms with E-state index in [4.69, 9.17) is 11.6 Å². The van der Waals surface area contributed by atoms with Crippen LogP contribution in [0.25, 0.3) is 0 Å². The molecule has 2 rings (SSSR count). The highest BCUT2D eigenvalue weighted by atomic mass is 79.9. The number of hydrogen-bond acceptors (Lipinski definition) is 4. The van der Waals surface area contributed by atoms with Gasteiger partial charge in [0.05, 0.1) is 18.2 Å². The van der Waals surface area contributed by atoms with Gasteiger partial charge in [0.15, 0.2) is 0 Å². The first-order valence-corrected chi connectivity index (χ1v) is 7.45. The third-order valence-corrected chi connectivity index (χ3v) is 3.61. The third-order valence-electron chi connectivity index (χ3n) is 2.88. The van der Waals surface area contributed by atoms with Crippen molar-refractivity contribution < 1.29 is 14.3 Å². The molecule has 0 aliphatic rings. The van der Waals surface area contributed by atoms with Crippen LogP contribution in [0, 0.1) is 0 Å². The molecule has 1 N–H and O–H groups in total. The van der Waals surface area contributed by atoms with Gasteiger partial charge in [0.25, 0.3) is 5.91 Å². The van der Waals surface area contributed by atoms with Gasteiger partial charge in [-0.25, -0.2) is 9.78 Å². The van der Waals surface area contributed by atoms with Gasteiger partial charge in [-0.05, 0) is 39.7 Å². The molecular formula is C15H12BrClN2O3. The molecule has 22 heavy (non-hydrogen) atoms. The molecule has 1 aromatic heterocycles. The van der Waals surface area contributed by atoms with Crippen LogP contribution in [-0.4, -0.2) is 24.0 Å². The zero-order chi connectivity index (χ0) is 16.1. The van der Waals surface area contributed by atoms with E-state index in [-0.39, 0.29) is 11.1 Å². The number of nitrogens with zero attached hydrogens (tertiary/aromatic N) is 1. The fourth-order valence-corrected chi connectivity index (χ4v) is 2.26. The SMILES string of the molecule is COC(=O)c1ccc(CNC(=O)c2cc(Br)cnc2Cl)cc1. The number of ether oxygens (including phenoxy) is 1. The Balaban J connectivity index is 2.02. The molecule has 0 spiro atoms. The quantitative estimate of drug-likeness (QED) is 0.650. The lowest BCUT2D eigenvalue weighted by Gasteiger charge is -2.07. The Morgan fingerprint density at radius 3 is 2.64 bits per heavy atom. The van der Waals surface area contributed by atoms with Gasteiger partial charge in [-0.3, -0.25) is 4.79 Å². The number of methoxy groups -OCH3 is 1. The maximum absolute atomic E-state index is 12.1. The number of carbonyl (C=O) groups excluding carboxylic acids is 2. The molecule has 0 aliphatic heterocycles. The molecule has 2 aromatic rings. The Labute approximate surface area is 140 Å². The normalized spacial score (nSPS) is 10.1. The van der Waals surface area contributed by atoms with E-state index < -0.39 is 5.97 Å². The van der Waals surface area contributed by atoms with Crippen LogP contribution in [0.15, 0.2) is 41.0 Å². The number of pyridine rings is 1. The second kappa shape index (κ2) is 7.38. The molecule has 1 heterocycles. The van der Waals surface area contributed by atoms with Crippen molar-refractivity contribution in [1.82, 2.24) is 10.3 Å². The zero-order valence-corrected chi connectivity index (χ0v) is 13.9. The maximum Gasteiger partial charge on any atom is 0.337 e. The van der Waals surface area contributed by atoms with E-state index in [0.717, 1.165) is 5.56 Å². The predicted octanol–water partition coefficient (Wildman–Crippen LogP) is 3.21. The average molecular weight is 384 g/mol. The fourth-order valence-electron chi connectivity index (χ4n) is 1.74. The van der Waals surface area contributed by atoms with Crippen molar-refractivity contribution in [1.29, 1.82) is 0 Å². The summed E-state index contributed by atoms with van der Waals surface area (Å²) < 4.78 is 5.29.